The van der Waals surface area contributed by atoms with Crippen molar-refractivity contribution in [3.63, 3.8) is 0 Å². The zero-order chi connectivity index (χ0) is 27.1. The number of aromatic amines is 1. The number of sulfonamides is 1. The van der Waals surface area contributed by atoms with Crippen LogP contribution in [-0.4, -0.2) is 41.1 Å². The van der Waals surface area contributed by atoms with Crippen LogP contribution in [0.25, 0.3) is 22.3 Å². The molecule has 0 atom stereocenters. The molecule has 0 aliphatic rings. The minimum absolute atomic E-state index is 0.00762. The summed E-state index contributed by atoms with van der Waals surface area (Å²) in [6.07, 6.45) is 0. The Bertz CT molecular complexity index is 1670. The molecule has 0 aliphatic heterocycles. The highest BCUT2D eigenvalue weighted by molar-refractivity contribution is 7.89. The van der Waals surface area contributed by atoms with Crippen molar-refractivity contribution in [1.82, 2.24) is 29.8 Å². The molecule has 194 valence electrons. The van der Waals surface area contributed by atoms with Crippen LogP contribution < -0.4 is 15.6 Å². The molecule has 0 saturated heterocycles. The molecule has 4 rings (SSSR count). The van der Waals surface area contributed by atoms with Gasteiger partial charge in [0.05, 0.1) is 27.2 Å². The van der Waals surface area contributed by atoms with Gasteiger partial charge in [0.25, 0.3) is 11.5 Å². The molecule has 0 aliphatic carbocycles. The van der Waals surface area contributed by atoms with E-state index in [4.69, 9.17) is 4.98 Å². The number of rotatable bonds is 7. The van der Waals surface area contributed by atoms with Gasteiger partial charge in [-0.2, -0.15) is 5.10 Å². The van der Waals surface area contributed by atoms with Gasteiger partial charge < -0.3 is 10.3 Å². The Labute approximate surface area is 215 Å². The van der Waals surface area contributed by atoms with Crippen molar-refractivity contribution in [1.29, 1.82) is 0 Å². The molecule has 37 heavy (non-hydrogen) atoms. The molecule has 0 bridgehead atoms. The third kappa shape index (κ3) is 5.05. The second-order valence-electron chi connectivity index (χ2n) is 9.24. The number of nitrogens with zero attached hydrogens (tertiary/aromatic N) is 3. The lowest BCUT2D eigenvalue weighted by molar-refractivity contribution is 0.0952. The Morgan fingerprint density at radius 2 is 1.78 bits per heavy atom. The fourth-order valence-electron chi connectivity index (χ4n) is 4.29. The number of aryl methyl sites for hydroxylation is 3. The number of hydrogen-bond donors (Lipinski definition) is 3. The number of carbonyl (C=O) groups is 1. The second-order valence-corrected chi connectivity index (χ2v) is 11.1. The molecule has 0 saturated carbocycles. The van der Waals surface area contributed by atoms with Crippen LogP contribution in [0.15, 0.2) is 46.1 Å². The molecule has 0 radical (unpaired) electrons. The summed E-state index contributed by atoms with van der Waals surface area (Å²) in [6.45, 7) is 9.48. The van der Waals surface area contributed by atoms with Gasteiger partial charge in [0, 0.05) is 29.4 Å². The Morgan fingerprint density at radius 1 is 1.11 bits per heavy atom. The van der Waals surface area contributed by atoms with Gasteiger partial charge >= 0.3 is 0 Å². The highest BCUT2D eigenvalue weighted by atomic mass is 32.2. The lowest BCUT2D eigenvalue weighted by Gasteiger charge is -2.12. The maximum absolute atomic E-state index is 13.5. The number of carbonyl (C=O) groups excluding carboxylic acids is 1. The summed E-state index contributed by atoms with van der Waals surface area (Å²) in [5.74, 6) is -0.367. The van der Waals surface area contributed by atoms with Crippen molar-refractivity contribution in [3.05, 3.63) is 74.8 Å². The smallest absolute Gasteiger partial charge is 0.253 e. The number of hydrogen-bond acceptors (Lipinski definition) is 6. The van der Waals surface area contributed by atoms with Crippen molar-refractivity contribution in [2.24, 2.45) is 0 Å². The number of nitrogens with one attached hydrogen (secondary N) is 3. The van der Waals surface area contributed by atoms with Crippen LogP contribution >= 0.6 is 0 Å². The van der Waals surface area contributed by atoms with Crippen molar-refractivity contribution in [2.45, 2.75) is 52.1 Å². The summed E-state index contributed by atoms with van der Waals surface area (Å²) in [4.78, 5) is 33.6. The van der Waals surface area contributed by atoms with Gasteiger partial charge in [0.1, 0.15) is 0 Å². The van der Waals surface area contributed by atoms with Gasteiger partial charge in [-0.15, -0.1) is 0 Å². The van der Waals surface area contributed by atoms with Crippen LogP contribution in [0.5, 0.6) is 0 Å². The fourth-order valence-corrected chi connectivity index (χ4v) is 5.02. The van der Waals surface area contributed by atoms with Gasteiger partial charge in [-0.1, -0.05) is 12.1 Å². The summed E-state index contributed by atoms with van der Waals surface area (Å²) in [5.41, 5.74) is 4.52. The van der Waals surface area contributed by atoms with Crippen LogP contribution in [-0.2, 0) is 16.6 Å². The monoisotopic (exact) mass is 522 g/mol. The highest BCUT2D eigenvalue weighted by Crippen LogP contribution is 2.29. The van der Waals surface area contributed by atoms with Crippen LogP contribution in [0.1, 0.15) is 52.8 Å². The number of benzene rings is 1. The molecule has 3 aromatic heterocycles. The Balaban J connectivity index is 1.80. The van der Waals surface area contributed by atoms with E-state index in [-0.39, 0.29) is 28.9 Å². The topological polar surface area (TPSA) is 139 Å². The zero-order valence-corrected chi connectivity index (χ0v) is 22.4. The van der Waals surface area contributed by atoms with Crippen molar-refractivity contribution in [2.75, 3.05) is 7.05 Å². The Morgan fingerprint density at radius 3 is 2.38 bits per heavy atom. The maximum atomic E-state index is 13.5. The fraction of sp³-hybridized carbons (Fsp3) is 0.308. The lowest BCUT2D eigenvalue weighted by atomic mass is 10.0. The number of aromatic nitrogens is 4. The number of H-pyrrole nitrogens is 1. The highest BCUT2D eigenvalue weighted by Gasteiger charge is 2.22. The first-order chi connectivity index (χ1) is 17.4. The van der Waals surface area contributed by atoms with E-state index in [1.54, 1.807) is 22.9 Å². The number of amides is 1. The summed E-state index contributed by atoms with van der Waals surface area (Å²) in [6, 6.07) is 9.81. The predicted octanol–water partition coefficient (Wildman–Crippen LogP) is 3.13. The number of fused-ring (bicyclic) bond motifs is 1. The second kappa shape index (κ2) is 9.91. The molecule has 0 spiro atoms. The molecule has 11 heteroatoms. The lowest BCUT2D eigenvalue weighted by Crippen LogP contribution is -2.28. The average molecular weight is 523 g/mol. The standard InChI is InChI=1S/C26H30N6O4S/c1-14(2)32-24-23(17(5)31-32)20(25(33)28-13-21-15(3)11-16(4)29-26(21)34)12-22(30-24)18-7-9-19(10-8-18)37(35,36)27-6/h7-12,14,27H,13H2,1-6H3,(H,28,33)(H,29,34). The molecule has 0 fully saturated rings. The van der Waals surface area contributed by atoms with Crippen molar-refractivity contribution in [3.8, 4) is 11.3 Å². The molecule has 3 N–H and O–H groups in total. The molecule has 1 amide bonds. The molecule has 3 heterocycles. The minimum atomic E-state index is -3.59. The third-order valence-electron chi connectivity index (χ3n) is 6.22. The molecular weight excluding hydrogens is 492 g/mol. The summed E-state index contributed by atoms with van der Waals surface area (Å²) >= 11 is 0. The van der Waals surface area contributed by atoms with Gasteiger partial charge in [0.15, 0.2) is 5.65 Å². The van der Waals surface area contributed by atoms with E-state index in [1.807, 2.05) is 40.7 Å². The van der Waals surface area contributed by atoms with Gasteiger partial charge in [-0.05, 0) is 71.5 Å². The quantitative estimate of drug-likeness (QED) is 0.341. The van der Waals surface area contributed by atoms with Crippen molar-refractivity contribution < 1.29 is 13.2 Å². The number of pyridine rings is 2. The molecule has 4 aromatic rings. The summed E-state index contributed by atoms with van der Waals surface area (Å²) in [7, 11) is -2.24. The molecule has 10 nitrogen and oxygen atoms in total. The predicted molar refractivity (Wildman–Crippen MR) is 142 cm³/mol. The van der Waals surface area contributed by atoms with Crippen LogP contribution in [0.2, 0.25) is 0 Å². The zero-order valence-electron chi connectivity index (χ0n) is 21.6. The first-order valence-electron chi connectivity index (χ1n) is 11.8. The molecule has 1 aromatic carbocycles. The van der Waals surface area contributed by atoms with Crippen LogP contribution in [0, 0.1) is 20.8 Å². The first kappa shape index (κ1) is 26.2. The van der Waals surface area contributed by atoms with E-state index in [0.29, 0.717) is 39.1 Å². The normalized spacial score (nSPS) is 11.9. The van der Waals surface area contributed by atoms with Gasteiger partial charge in [-0.25, -0.2) is 22.8 Å². The Kier molecular flexibility index (Phi) is 7.03. The van der Waals surface area contributed by atoms with E-state index >= 15 is 0 Å². The Hall–Kier alpha value is -3.83. The van der Waals surface area contributed by atoms with Gasteiger partial charge in [-0.3, -0.25) is 9.59 Å². The van der Waals surface area contributed by atoms with Crippen LogP contribution in [0.3, 0.4) is 0 Å². The van der Waals surface area contributed by atoms with E-state index in [0.717, 1.165) is 11.3 Å². The first-order valence-corrected chi connectivity index (χ1v) is 13.3. The van der Waals surface area contributed by atoms with Crippen molar-refractivity contribution >= 4 is 27.0 Å². The third-order valence-corrected chi connectivity index (χ3v) is 7.65. The maximum Gasteiger partial charge on any atom is 0.253 e. The minimum Gasteiger partial charge on any atom is -0.348 e. The van der Waals surface area contributed by atoms with E-state index in [1.165, 1.54) is 19.2 Å². The molecular formula is C26H30N6O4S. The summed E-state index contributed by atoms with van der Waals surface area (Å²) < 4.78 is 28.3. The summed E-state index contributed by atoms with van der Waals surface area (Å²) in [5, 5.41) is 8.11. The van der Waals surface area contributed by atoms with Gasteiger partial charge in [0.2, 0.25) is 10.0 Å². The van der Waals surface area contributed by atoms with E-state index in [2.05, 4.69) is 20.1 Å². The average Bonchev–Trinajstić information content (AvgIpc) is 3.19. The largest absolute Gasteiger partial charge is 0.348 e. The van der Waals surface area contributed by atoms with E-state index < -0.39 is 10.0 Å². The molecule has 0 unspecified atom stereocenters. The van der Waals surface area contributed by atoms with Crippen LogP contribution in [0.4, 0.5) is 0 Å². The van der Waals surface area contributed by atoms with E-state index in [9.17, 15) is 18.0 Å². The SMILES string of the molecule is CNS(=O)(=O)c1ccc(-c2cc(C(=O)NCc3c(C)cc(C)[nH]c3=O)c3c(C)nn(C(C)C)c3n2)cc1.